The molecule has 1 unspecified atom stereocenters. The molecule has 106 valence electrons. The third kappa shape index (κ3) is 4.77. The first-order valence-electron chi connectivity index (χ1n) is 6.15. The van der Waals surface area contributed by atoms with Crippen molar-refractivity contribution in [1.82, 2.24) is 5.32 Å². The van der Waals surface area contributed by atoms with Gasteiger partial charge in [-0.15, -0.1) is 0 Å². The predicted octanol–water partition coefficient (Wildman–Crippen LogP) is 2.55. The summed E-state index contributed by atoms with van der Waals surface area (Å²) in [5.41, 5.74) is -0.0733. The van der Waals surface area contributed by atoms with Crippen molar-refractivity contribution in [3.63, 3.8) is 0 Å². The van der Waals surface area contributed by atoms with Crippen LogP contribution in [0.3, 0.4) is 0 Å². The Balaban J connectivity index is 2.76. The lowest BCUT2D eigenvalue weighted by atomic mass is 10.1. The Kier molecular flexibility index (Phi) is 4.75. The van der Waals surface area contributed by atoms with Crippen LogP contribution in [-0.4, -0.2) is 24.6 Å². The molecule has 1 aromatic carbocycles. The summed E-state index contributed by atoms with van der Waals surface area (Å²) < 4.78 is 18.6. The zero-order chi connectivity index (χ0) is 14.6. The van der Waals surface area contributed by atoms with Crippen LogP contribution in [-0.2, 0) is 4.79 Å². The largest absolute Gasteiger partial charge is 0.497 e. The second-order valence-corrected chi connectivity index (χ2v) is 5.45. The number of ether oxygens (including phenoxy) is 1. The molecule has 5 heteroatoms. The average molecular weight is 268 g/mol. The van der Waals surface area contributed by atoms with Crippen LogP contribution in [0.1, 0.15) is 27.7 Å². The highest BCUT2D eigenvalue weighted by Gasteiger charge is 2.20. The van der Waals surface area contributed by atoms with Gasteiger partial charge in [-0.3, -0.25) is 4.79 Å². The number of nitrogens with one attached hydrogen (secondary N) is 2. The van der Waals surface area contributed by atoms with Crippen molar-refractivity contribution in [2.45, 2.75) is 39.3 Å². The summed E-state index contributed by atoms with van der Waals surface area (Å²) in [5.74, 6) is -0.0711. The minimum Gasteiger partial charge on any atom is -0.497 e. The molecular formula is C14H21FN2O2. The lowest BCUT2D eigenvalue weighted by Crippen LogP contribution is -2.47. The van der Waals surface area contributed by atoms with Crippen LogP contribution in [0.2, 0.25) is 0 Å². The van der Waals surface area contributed by atoms with E-state index in [2.05, 4.69) is 10.6 Å². The third-order valence-corrected chi connectivity index (χ3v) is 2.44. The van der Waals surface area contributed by atoms with Crippen molar-refractivity contribution in [3.8, 4) is 5.75 Å². The van der Waals surface area contributed by atoms with Gasteiger partial charge in [0.2, 0.25) is 5.91 Å². The molecule has 1 rings (SSSR count). The van der Waals surface area contributed by atoms with Crippen LogP contribution in [0.15, 0.2) is 18.2 Å². The zero-order valence-electron chi connectivity index (χ0n) is 12.0. The van der Waals surface area contributed by atoms with E-state index < -0.39 is 11.9 Å². The minimum atomic E-state index is -0.541. The van der Waals surface area contributed by atoms with E-state index in [-0.39, 0.29) is 17.1 Å². The molecule has 1 amide bonds. The number of amides is 1. The summed E-state index contributed by atoms with van der Waals surface area (Å²) in [6.07, 6.45) is 0. The van der Waals surface area contributed by atoms with Gasteiger partial charge in [-0.25, -0.2) is 4.39 Å². The maximum atomic E-state index is 13.6. The van der Waals surface area contributed by atoms with Gasteiger partial charge in [0, 0.05) is 11.6 Å². The van der Waals surface area contributed by atoms with E-state index in [0.29, 0.717) is 5.75 Å². The Hall–Kier alpha value is -1.78. The molecule has 0 bridgehead atoms. The van der Waals surface area contributed by atoms with Crippen LogP contribution in [0, 0.1) is 5.82 Å². The molecule has 19 heavy (non-hydrogen) atoms. The summed E-state index contributed by atoms with van der Waals surface area (Å²) in [4.78, 5) is 11.9. The maximum absolute atomic E-state index is 13.6. The van der Waals surface area contributed by atoms with Crippen molar-refractivity contribution in [3.05, 3.63) is 24.0 Å². The number of hydrogen-bond acceptors (Lipinski definition) is 3. The standard InChI is InChI=1S/C14H21FN2O2/c1-9(13(18)17-14(2,3)4)16-12-8-10(19-5)6-7-11(12)15/h6-9,16H,1-5H3,(H,17,18). The molecule has 0 spiro atoms. The molecule has 0 aliphatic heterocycles. The van der Waals surface area contributed by atoms with Crippen molar-refractivity contribution in [2.24, 2.45) is 0 Å². The summed E-state index contributed by atoms with van der Waals surface area (Å²) in [6.45, 7) is 7.36. The molecule has 1 atom stereocenters. The van der Waals surface area contributed by atoms with Crippen LogP contribution in [0.4, 0.5) is 10.1 Å². The van der Waals surface area contributed by atoms with Crippen LogP contribution < -0.4 is 15.4 Å². The van der Waals surface area contributed by atoms with Crippen LogP contribution in [0.25, 0.3) is 0 Å². The van der Waals surface area contributed by atoms with Crippen molar-refractivity contribution >= 4 is 11.6 Å². The Labute approximate surface area is 113 Å². The minimum absolute atomic E-state index is 0.185. The lowest BCUT2D eigenvalue weighted by molar-refractivity contribution is -0.122. The molecular weight excluding hydrogens is 247 g/mol. The van der Waals surface area contributed by atoms with Gasteiger partial charge < -0.3 is 15.4 Å². The average Bonchev–Trinajstić information content (AvgIpc) is 2.29. The molecule has 0 aliphatic carbocycles. The van der Waals surface area contributed by atoms with Gasteiger partial charge >= 0.3 is 0 Å². The van der Waals surface area contributed by atoms with Crippen molar-refractivity contribution < 1.29 is 13.9 Å². The zero-order valence-corrected chi connectivity index (χ0v) is 12.0. The van der Waals surface area contributed by atoms with E-state index in [1.807, 2.05) is 20.8 Å². The van der Waals surface area contributed by atoms with E-state index >= 15 is 0 Å². The number of carbonyl (C=O) groups is 1. The van der Waals surface area contributed by atoms with Crippen LogP contribution >= 0.6 is 0 Å². The Morgan fingerprint density at radius 1 is 1.37 bits per heavy atom. The number of methoxy groups -OCH3 is 1. The predicted molar refractivity (Wildman–Crippen MR) is 73.9 cm³/mol. The SMILES string of the molecule is COc1ccc(F)c(NC(C)C(=O)NC(C)(C)C)c1. The van der Waals surface area contributed by atoms with E-state index in [1.54, 1.807) is 6.92 Å². The van der Waals surface area contributed by atoms with Gasteiger partial charge in [0.05, 0.1) is 12.8 Å². The fraction of sp³-hybridized carbons (Fsp3) is 0.500. The molecule has 0 fully saturated rings. The first-order chi connectivity index (χ1) is 8.73. The Bertz CT molecular complexity index is 455. The van der Waals surface area contributed by atoms with Gasteiger partial charge in [-0.2, -0.15) is 0 Å². The molecule has 0 aliphatic rings. The summed E-state index contributed by atoms with van der Waals surface area (Å²) >= 11 is 0. The summed E-state index contributed by atoms with van der Waals surface area (Å²) in [7, 11) is 1.51. The number of carbonyl (C=O) groups excluding carboxylic acids is 1. The number of benzene rings is 1. The number of rotatable bonds is 4. The fourth-order valence-electron chi connectivity index (χ4n) is 1.52. The van der Waals surface area contributed by atoms with Crippen molar-refractivity contribution in [1.29, 1.82) is 0 Å². The fourth-order valence-corrected chi connectivity index (χ4v) is 1.52. The second kappa shape index (κ2) is 5.91. The van der Waals surface area contributed by atoms with E-state index in [0.717, 1.165) is 0 Å². The molecule has 1 aromatic rings. The summed E-state index contributed by atoms with van der Waals surface area (Å²) in [6, 6.07) is 3.81. The normalized spacial score (nSPS) is 12.7. The molecule has 2 N–H and O–H groups in total. The maximum Gasteiger partial charge on any atom is 0.242 e. The smallest absolute Gasteiger partial charge is 0.242 e. The molecule has 0 saturated heterocycles. The lowest BCUT2D eigenvalue weighted by Gasteiger charge is -2.24. The van der Waals surface area contributed by atoms with Crippen molar-refractivity contribution in [2.75, 3.05) is 12.4 Å². The van der Waals surface area contributed by atoms with Gasteiger partial charge in [-0.1, -0.05) is 0 Å². The van der Waals surface area contributed by atoms with E-state index in [4.69, 9.17) is 4.74 Å². The topological polar surface area (TPSA) is 50.4 Å². The van der Waals surface area contributed by atoms with Gasteiger partial charge in [-0.05, 0) is 39.8 Å². The highest BCUT2D eigenvalue weighted by molar-refractivity contribution is 5.84. The molecule has 0 saturated carbocycles. The van der Waals surface area contributed by atoms with E-state index in [9.17, 15) is 9.18 Å². The first kappa shape index (κ1) is 15.3. The molecule has 0 aromatic heterocycles. The Morgan fingerprint density at radius 2 is 2.00 bits per heavy atom. The van der Waals surface area contributed by atoms with Gasteiger partial charge in [0.15, 0.2) is 0 Å². The Morgan fingerprint density at radius 3 is 2.53 bits per heavy atom. The highest BCUT2D eigenvalue weighted by atomic mass is 19.1. The third-order valence-electron chi connectivity index (χ3n) is 2.44. The number of halogens is 1. The summed E-state index contributed by atoms with van der Waals surface area (Å²) in [5, 5.41) is 5.67. The number of hydrogen-bond donors (Lipinski definition) is 2. The second-order valence-electron chi connectivity index (χ2n) is 5.45. The van der Waals surface area contributed by atoms with E-state index in [1.165, 1.54) is 25.3 Å². The monoisotopic (exact) mass is 268 g/mol. The number of anilines is 1. The molecule has 4 nitrogen and oxygen atoms in total. The first-order valence-corrected chi connectivity index (χ1v) is 6.15. The quantitative estimate of drug-likeness (QED) is 0.882. The van der Waals surface area contributed by atoms with Crippen LogP contribution in [0.5, 0.6) is 5.75 Å². The highest BCUT2D eigenvalue weighted by Crippen LogP contribution is 2.21. The van der Waals surface area contributed by atoms with Gasteiger partial charge in [0.1, 0.15) is 17.6 Å². The molecule has 0 radical (unpaired) electrons. The molecule has 0 heterocycles. The van der Waals surface area contributed by atoms with Gasteiger partial charge in [0.25, 0.3) is 0 Å².